The molecule has 0 saturated heterocycles. The first-order valence-corrected chi connectivity index (χ1v) is 8.14. The normalized spacial score (nSPS) is 10.0. The van der Waals surface area contributed by atoms with Gasteiger partial charge in [-0.2, -0.15) is 0 Å². The number of hydrogen-bond acceptors (Lipinski definition) is 2. The van der Waals surface area contributed by atoms with Crippen molar-refractivity contribution in [2.24, 2.45) is 4.99 Å². The zero-order valence-corrected chi connectivity index (χ0v) is 13.9. The van der Waals surface area contributed by atoms with E-state index in [0.29, 0.717) is 13.2 Å². The van der Waals surface area contributed by atoms with Crippen LogP contribution >= 0.6 is 0 Å². The Kier molecular flexibility index (Phi) is 6.98. The number of hydrogen-bond donors (Lipinski definition) is 2. The number of guanidine groups is 1. The van der Waals surface area contributed by atoms with Crippen molar-refractivity contribution < 1.29 is 4.74 Å². The van der Waals surface area contributed by atoms with Crippen molar-refractivity contribution in [3.63, 3.8) is 0 Å². The standard InChI is InChI=1S/C19H25N3O/c1-3-20-19(21-4-2)22-14-15-23-18-13-9-8-12-17(18)16-10-6-5-7-11-16/h5-13H,3-4,14-15H2,1-2H3,(H2,20,21,22). The summed E-state index contributed by atoms with van der Waals surface area (Å²) in [6.07, 6.45) is 0. The molecule has 0 aliphatic rings. The second kappa shape index (κ2) is 9.51. The molecule has 0 radical (unpaired) electrons. The van der Waals surface area contributed by atoms with Gasteiger partial charge < -0.3 is 15.4 Å². The Bertz CT molecular complexity index is 603. The highest BCUT2D eigenvalue weighted by Gasteiger charge is 2.04. The summed E-state index contributed by atoms with van der Waals surface area (Å²) in [7, 11) is 0. The lowest BCUT2D eigenvalue weighted by Gasteiger charge is -2.12. The Morgan fingerprint density at radius 2 is 1.57 bits per heavy atom. The molecule has 0 heterocycles. The van der Waals surface area contributed by atoms with E-state index < -0.39 is 0 Å². The van der Waals surface area contributed by atoms with Gasteiger partial charge in [0.2, 0.25) is 0 Å². The summed E-state index contributed by atoms with van der Waals surface area (Å²) in [6, 6.07) is 18.4. The fraction of sp³-hybridized carbons (Fsp3) is 0.316. The van der Waals surface area contributed by atoms with Gasteiger partial charge in [-0.15, -0.1) is 0 Å². The molecule has 0 aromatic heterocycles. The van der Waals surface area contributed by atoms with E-state index in [0.717, 1.165) is 35.9 Å². The van der Waals surface area contributed by atoms with E-state index in [1.54, 1.807) is 0 Å². The Labute approximate surface area is 138 Å². The van der Waals surface area contributed by atoms with Crippen LogP contribution < -0.4 is 15.4 Å². The van der Waals surface area contributed by atoms with E-state index in [-0.39, 0.29) is 0 Å². The summed E-state index contributed by atoms with van der Waals surface area (Å²) < 4.78 is 5.94. The molecule has 0 atom stereocenters. The quantitative estimate of drug-likeness (QED) is 0.468. The summed E-state index contributed by atoms with van der Waals surface area (Å²) in [4.78, 5) is 4.49. The Morgan fingerprint density at radius 1 is 0.913 bits per heavy atom. The lowest BCUT2D eigenvalue weighted by atomic mass is 10.1. The molecule has 0 aliphatic heterocycles. The predicted octanol–water partition coefficient (Wildman–Crippen LogP) is 3.31. The van der Waals surface area contributed by atoms with Crippen LogP contribution in [0.25, 0.3) is 11.1 Å². The number of rotatable bonds is 7. The van der Waals surface area contributed by atoms with Crippen LogP contribution in [0.4, 0.5) is 0 Å². The Balaban J connectivity index is 1.98. The molecule has 0 aliphatic carbocycles. The van der Waals surface area contributed by atoms with Gasteiger partial charge >= 0.3 is 0 Å². The Hall–Kier alpha value is -2.49. The summed E-state index contributed by atoms with van der Waals surface area (Å²) in [5.41, 5.74) is 2.27. The minimum absolute atomic E-state index is 0.546. The zero-order chi connectivity index (χ0) is 16.3. The van der Waals surface area contributed by atoms with Gasteiger partial charge in [0, 0.05) is 18.7 Å². The molecule has 122 valence electrons. The molecule has 2 aromatic rings. The van der Waals surface area contributed by atoms with E-state index in [1.165, 1.54) is 0 Å². The molecule has 2 aromatic carbocycles. The number of nitrogens with one attached hydrogen (secondary N) is 2. The van der Waals surface area contributed by atoms with Gasteiger partial charge in [0.25, 0.3) is 0 Å². The maximum atomic E-state index is 5.94. The first-order chi connectivity index (χ1) is 11.3. The second-order valence-corrected chi connectivity index (χ2v) is 5.00. The van der Waals surface area contributed by atoms with Gasteiger partial charge in [-0.25, -0.2) is 4.99 Å². The number of ether oxygens (including phenoxy) is 1. The predicted molar refractivity (Wildman–Crippen MR) is 97.0 cm³/mol. The molecule has 0 unspecified atom stereocenters. The lowest BCUT2D eigenvalue weighted by molar-refractivity contribution is 0.330. The van der Waals surface area contributed by atoms with Gasteiger partial charge in [-0.1, -0.05) is 48.5 Å². The summed E-state index contributed by atoms with van der Waals surface area (Å²) in [6.45, 7) is 6.97. The third-order valence-corrected chi connectivity index (χ3v) is 3.28. The van der Waals surface area contributed by atoms with Crippen LogP contribution in [0.3, 0.4) is 0 Å². The molecule has 4 nitrogen and oxygen atoms in total. The molecular formula is C19H25N3O. The molecule has 23 heavy (non-hydrogen) atoms. The highest BCUT2D eigenvalue weighted by atomic mass is 16.5. The van der Waals surface area contributed by atoms with Gasteiger partial charge in [0.05, 0.1) is 6.54 Å². The third kappa shape index (κ3) is 5.33. The van der Waals surface area contributed by atoms with Crippen LogP contribution in [0.1, 0.15) is 13.8 Å². The third-order valence-electron chi connectivity index (χ3n) is 3.28. The molecular weight excluding hydrogens is 286 g/mol. The van der Waals surface area contributed by atoms with Crippen LogP contribution in [0.5, 0.6) is 5.75 Å². The molecule has 0 bridgehead atoms. The van der Waals surface area contributed by atoms with Gasteiger partial charge in [0.1, 0.15) is 12.4 Å². The summed E-state index contributed by atoms with van der Waals surface area (Å²) >= 11 is 0. The van der Waals surface area contributed by atoms with E-state index in [1.807, 2.05) is 36.4 Å². The molecule has 2 rings (SSSR count). The van der Waals surface area contributed by atoms with Crippen molar-refractivity contribution in [3.8, 4) is 16.9 Å². The van der Waals surface area contributed by atoms with Crippen LogP contribution in [0, 0.1) is 0 Å². The van der Waals surface area contributed by atoms with E-state index in [9.17, 15) is 0 Å². The van der Waals surface area contributed by atoms with Gasteiger partial charge in [-0.3, -0.25) is 0 Å². The maximum Gasteiger partial charge on any atom is 0.191 e. The van der Waals surface area contributed by atoms with E-state index in [2.05, 4.69) is 47.7 Å². The first-order valence-electron chi connectivity index (χ1n) is 8.14. The summed E-state index contributed by atoms with van der Waals surface area (Å²) in [5.74, 6) is 1.72. The zero-order valence-electron chi connectivity index (χ0n) is 13.9. The molecule has 2 N–H and O–H groups in total. The minimum atomic E-state index is 0.546. The molecule has 0 saturated carbocycles. The summed E-state index contributed by atoms with van der Waals surface area (Å²) in [5, 5.41) is 6.41. The smallest absolute Gasteiger partial charge is 0.191 e. The fourth-order valence-corrected chi connectivity index (χ4v) is 2.27. The monoisotopic (exact) mass is 311 g/mol. The minimum Gasteiger partial charge on any atom is -0.491 e. The van der Waals surface area contributed by atoms with Gasteiger partial charge in [-0.05, 0) is 25.5 Å². The van der Waals surface area contributed by atoms with Crippen LogP contribution in [-0.2, 0) is 0 Å². The van der Waals surface area contributed by atoms with E-state index in [4.69, 9.17) is 4.74 Å². The van der Waals surface area contributed by atoms with Crippen LogP contribution in [-0.4, -0.2) is 32.2 Å². The largest absolute Gasteiger partial charge is 0.491 e. The molecule has 0 spiro atoms. The molecule has 0 fully saturated rings. The SMILES string of the molecule is CCNC(=NCCOc1ccccc1-c1ccccc1)NCC. The lowest BCUT2D eigenvalue weighted by Crippen LogP contribution is -2.37. The van der Waals surface area contributed by atoms with Crippen molar-refractivity contribution in [1.29, 1.82) is 0 Å². The second-order valence-electron chi connectivity index (χ2n) is 5.00. The van der Waals surface area contributed by atoms with Crippen LogP contribution in [0.2, 0.25) is 0 Å². The van der Waals surface area contributed by atoms with Gasteiger partial charge in [0.15, 0.2) is 5.96 Å². The molecule has 4 heteroatoms. The number of benzene rings is 2. The van der Waals surface area contributed by atoms with Crippen molar-refractivity contribution in [1.82, 2.24) is 10.6 Å². The highest BCUT2D eigenvalue weighted by molar-refractivity contribution is 5.79. The van der Waals surface area contributed by atoms with Crippen LogP contribution in [0.15, 0.2) is 59.6 Å². The number of para-hydroxylation sites is 1. The molecule has 0 amide bonds. The van der Waals surface area contributed by atoms with Crippen molar-refractivity contribution in [2.75, 3.05) is 26.2 Å². The van der Waals surface area contributed by atoms with Crippen molar-refractivity contribution >= 4 is 5.96 Å². The van der Waals surface area contributed by atoms with Crippen molar-refractivity contribution in [2.45, 2.75) is 13.8 Å². The fourth-order valence-electron chi connectivity index (χ4n) is 2.27. The van der Waals surface area contributed by atoms with E-state index >= 15 is 0 Å². The number of aliphatic imine (C=N–C) groups is 1. The Morgan fingerprint density at radius 3 is 2.26 bits per heavy atom. The topological polar surface area (TPSA) is 45.7 Å². The first kappa shape index (κ1) is 16.9. The number of nitrogens with zero attached hydrogens (tertiary/aromatic N) is 1. The highest BCUT2D eigenvalue weighted by Crippen LogP contribution is 2.29. The van der Waals surface area contributed by atoms with Crippen molar-refractivity contribution in [3.05, 3.63) is 54.6 Å². The average molecular weight is 311 g/mol. The maximum absolute atomic E-state index is 5.94. The average Bonchev–Trinajstić information content (AvgIpc) is 2.60.